The first-order valence-corrected chi connectivity index (χ1v) is 6.01. The fraction of sp³-hybridized carbons (Fsp3) is 0.615. The quantitative estimate of drug-likeness (QED) is 0.433. The molecular formula is C13H23N3. The molecule has 0 bridgehead atoms. The molecule has 1 aliphatic rings. The van der Waals surface area contributed by atoms with Gasteiger partial charge in [0.15, 0.2) is 0 Å². The molecule has 16 heavy (non-hydrogen) atoms. The van der Waals surface area contributed by atoms with E-state index in [0.717, 1.165) is 18.1 Å². The highest BCUT2D eigenvalue weighted by Gasteiger charge is 2.19. The van der Waals surface area contributed by atoms with E-state index in [9.17, 15) is 0 Å². The summed E-state index contributed by atoms with van der Waals surface area (Å²) < 4.78 is 0. The van der Waals surface area contributed by atoms with Gasteiger partial charge in [0.1, 0.15) is 5.84 Å². The van der Waals surface area contributed by atoms with Crippen LogP contribution in [-0.2, 0) is 0 Å². The summed E-state index contributed by atoms with van der Waals surface area (Å²) in [6.45, 7) is 9.12. The van der Waals surface area contributed by atoms with Crippen LogP contribution in [0.15, 0.2) is 29.4 Å². The lowest BCUT2D eigenvalue weighted by molar-refractivity contribution is 0.718. The number of rotatable bonds is 4. The molecule has 1 heterocycles. The van der Waals surface area contributed by atoms with Gasteiger partial charge in [-0.05, 0) is 31.4 Å². The smallest absolute Gasteiger partial charge is 0.119 e. The van der Waals surface area contributed by atoms with Crippen LogP contribution in [0.1, 0.15) is 26.7 Å². The van der Waals surface area contributed by atoms with E-state index in [1.807, 2.05) is 13.1 Å². The molecule has 0 aromatic carbocycles. The van der Waals surface area contributed by atoms with Gasteiger partial charge in [-0.3, -0.25) is 0 Å². The van der Waals surface area contributed by atoms with Crippen molar-refractivity contribution >= 4 is 5.84 Å². The maximum atomic E-state index is 4.70. The van der Waals surface area contributed by atoms with Crippen molar-refractivity contribution < 1.29 is 0 Å². The lowest BCUT2D eigenvalue weighted by Gasteiger charge is -2.15. The van der Waals surface area contributed by atoms with Crippen LogP contribution in [0.5, 0.6) is 0 Å². The summed E-state index contributed by atoms with van der Waals surface area (Å²) in [5.41, 5.74) is 1.08. The SMILES string of the molecule is C=C/C=C(\N=C(/NC)[C@@H]1CCCN1)C(C)C. The second-order valence-electron chi connectivity index (χ2n) is 4.38. The predicted molar refractivity (Wildman–Crippen MR) is 70.6 cm³/mol. The number of hydrogen-bond donors (Lipinski definition) is 2. The highest BCUT2D eigenvalue weighted by molar-refractivity contribution is 5.88. The summed E-state index contributed by atoms with van der Waals surface area (Å²) in [6.07, 6.45) is 6.18. The van der Waals surface area contributed by atoms with Crippen LogP contribution in [-0.4, -0.2) is 25.5 Å². The van der Waals surface area contributed by atoms with E-state index < -0.39 is 0 Å². The molecule has 2 N–H and O–H groups in total. The Hall–Kier alpha value is -1.09. The minimum atomic E-state index is 0.386. The Balaban J connectivity index is 2.83. The van der Waals surface area contributed by atoms with Crippen LogP contribution in [0.25, 0.3) is 0 Å². The highest BCUT2D eigenvalue weighted by Crippen LogP contribution is 2.14. The molecule has 1 saturated heterocycles. The van der Waals surface area contributed by atoms with Crippen molar-refractivity contribution in [2.75, 3.05) is 13.6 Å². The van der Waals surface area contributed by atoms with E-state index in [1.165, 1.54) is 12.8 Å². The van der Waals surface area contributed by atoms with Crippen molar-refractivity contribution in [3.05, 3.63) is 24.4 Å². The minimum absolute atomic E-state index is 0.386. The first-order chi connectivity index (χ1) is 7.69. The molecule has 1 rings (SSSR count). The van der Waals surface area contributed by atoms with Crippen LogP contribution >= 0.6 is 0 Å². The molecule has 90 valence electrons. The fourth-order valence-electron chi connectivity index (χ4n) is 1.84. The molecule has 1 aliphatic heterocycles. The summed E-state index contributed by atoms with van der Waals surface area (Å²) in [5.74, 6) is 1.46. The minimum Gasteiger partial charge on any atom is -0.375 e. The molecule has 1 atom stereocenters. The molecule has 0 spiro atoms. The number of aliphatic imine (C=N–C) groups is 1. The summed E-state index contributed by atoms with van der Waals surface area (Å²) in [4.78, 5) is 4.70. The molecular weight excluding hydrogens is 198 g/mol. The zero-order valence-corrected chi connectivity index (χ0v) is 10.6. The Bertz CT molecular complexity index is 284. The third-order valence-electron chi connectivity index (χ3n) is 2.78. The number of likely N-dealkylation sites (N-methyl/N-ethyl adjacent to an activating group) is 1. The summed E-state index contributed by atoms with van der Waals surface area (Å²) in [6, 6.07) is 0.386. The molecule has 0 saturated carbocycles. The second kappa shape index (κ2) is 6.48. The zero-order chi connectivity index (χ0) is 12.0. The lowest BCUT2D eigenvalue weighted by atomic mass is 10.1. The largest absolute Gasteiger partial charge is 0.375 e. The average molecular weight is 221 g/mol. The first kappa shape index (κ1) is 13.0. The molecule has 3 heteroatoms. The Morgan fingerprint density at radius 2 is 2.31 bits per heavy atom. The van der Waals surface area contributed by atoms with E-state index in [2.05, 4.69) is 31.1 Å². The highest BCUT2D eigenvalue weighted by atomic mass is 15.1. The van der Waals surface area contributed by atoms with Gasteiger partial charge >= 0.3 is 0 Å². The average Bonchev–Trinajstić information content (AvgIpc) is 2.77. The van der Waals surface area contributed by atoms with Crippen molar-refractivity contribution in [1.82, 2.24) is 10.6 Å². The van der Waals surface area contributed by atoms with Gasteiger partial charge in [-0.25, -0.2) is 4.99 Å². The number of allylic oxidation sites excluding steroid dienone is 3. The normalized spacial score (nSPS) is 22.6. The maximum absolute atomic E-state index is 4.70. The molecule has 1 fully saturated rings. The van der Waals surface area contributed by atoms with E-state index in [0.29, 0.717) is 12.0 Å². The Kier molecular flexibility index (Phi) is 5.26. The Labute approximate surface area is 98.7 Å². The van der Waals surface area contributed by atoms with Gasteiger partial charge < -0.3 is 10.6 Å². The molecule has 3 nitrogen and oxygen atoms in total. The number of hydrogen-bond acceptors (Lipinski definition) is 2. The molecule has 0 aliphatic carbocycles. The Morgan fingerprint density at radius 1 is 1.56 bits per heavy atom. The zero-order valence-electron chi connectivity index (χ0n) is 10.6. The van der Waals surface area contributed by atoms with Gasteiger partial charge in [-0.2, -0.15) is 0 Å². The fourth-order valence-corrected chi connectivity index (χ4v) is 1.84. The van der Waals surface area contributed by atoms with E-state index in [1.54, 1.807) is 6.08 Å². The van der Waals surface area contributed by atoms with E-state index >= 15 is 0 Å². The maximum Gasteiger partial charge on any atom is 0.119 e. The van der Waals surface area contributed by atoms with Gasteiger partial charge in [0.05, 0.1) is 6.04 Å². The Morgan fingerprint density at radius 3 is 2.75 bits per heavy atom. The van der Waals surface area contributed by atoms with Crippen LogP contribution in [0.4, 0.5) is 0 Å². The van der Waals surface area contributed by atoms with E-state index in [4.69, 9.17) is 4.99 Å². The summed E-state index contributed by atoms with van der Waals surface area (Å²) in [7, 11) is 1.94. The van der Waals surface area contributed by atoms with Gasteiger partial charge in [0, 0.05) is 12.7 Å². The van der Waals surface area contributed by atoms with Gasteiger partial charge in [-0.1, -0.05) is 26.5 Å². The van der Waals surface area contributed by atoms with Crippen molar-refractivity contribution in [2.24, 2.45) is 10.9 Å². The van der Waals surface area contributed by atoms with Gasteiger partial charge in [0.25, 0.3) is 0 Å². The van der Waals surface area contributed by atoms with Gasteiger partial charge in [-0.15, -0.1) is 0 Å². The van der Waals surface area contributed by atoms with Crippen LogP contribution in [0, 0.1) is 5.92 Å². The second-order valence-corrected chi connectivity index (χ2v) is 4.38. The molecule has 0 radical (unpaired) electrons. The topological polar surface area (TPSA) is 36.4 Å². The third kappa shape index (κ3) is 3.49. The lowest BCUT2D eigenvalue weighted by Crippen LogP contribution is -2.39. The van der Waals surface area contributed by atoms with Crippen molar-refractivity contribution in [3.8, 4) is 0 Å². The van der Waals surface area contributed by atoms with Crippen LogP contribution in [0.3, 0.4) is 0 Å². The summed E-state index contributed by atoms with van der Waals surface area (Å²) in [5, 5.41) is 6.65. The number of nitrogens with zero attached hydrogens (tertiary/aromatic N) is 1. The van der Waals surface area contributed by atoms with Crippen molar-refractivity contribution in [1.29, 1.82) is 0 Å². The van der Waals surface area contributed by atoms with Gasteiger partial charge in [0.2, 0.25) is 0 Å². The first-order valence-electron chi connectivity index (χ1n) is 6.01. The molecule has 0 aromatic rings. The standard InChI is InChI=1S/C13H23N3/c1-5-7-11(10(2)3)16-13(14-4)12-8-6-9-15-12/h5,7,10,12,15H,1,6,8-9H2,2-4H3,(H,14,16)/b11-7-/t12-/m0/s1. The van der Waals surface area contributed by atoms with Crippen LogP contribution < -0.4 is 10.6 Å². The van der Waals surface area contributed by atoms with Crippen molar-refractivity contribution in [3.63, 3.8) is 0 Å². The monoisotopic (exact) mass is 221 g/mol. The number of amidine groups is 1. The summed E-state index contributed by atoms with van der Waals surface area (Å²) >= 11 is 0. The predicted octanol–water partition coefficient (Wildman–Crippen LogP) is 2.08. The molecule has 0 unspecified atom stereocenters. The number of nitrogens with one attached hydrogen (secondary N) is 2. The molecule has 0 amide bonds. The third-order valence-corrected chi connectivity index (χ3v) is 2.78. The van der Waals surface area contributed by atoms with Crippen molar-refractivity contribution in [2.45, 2.75) is 32.7 Å². The van der Waals surface area contributed by atoms with Crippen LogP contribution in [0.2, 0.25) is 0 Å². The molecule has 0 aromatic heterocycles. The van der Waals surface area contributed by atoms with E-state index in [-0.39, 0.29) is 0 Å².